The SMILES string of the molecule is CCCCCCCCCCCCCCCC(=O)O[C@H](COC(=O)CCC/C=C\C/C=C\C/C=C\C/C=C\[C@@H](O)CCCC)COP(=O)([O-])OCC[N+](C)(C)C. The smallest absolute Gasteiger partial charge is 0.306 e. The third-order valence-corrected chi connectivity index (χ3v) is 9.89. The van der Waals surface area contributed by atoms with Gasteiger partial charge in [-0.15, -0.1) is 0 Å². The first-order chi connectivity index (χ1) is 26.4. The van der Waals surface area contributed by atoms with E-state index in [1.807, 2.05) is 39.4 Å². The van der Waals surface area contributed by atoms with Gasteiger partial charge in [-0.1, -0.05) is 152 Å². The standard InChI is InChI=1S/C44H80NO9P/c1-6-8-10-11-12-13-14-15-20-23-26-29-32-36-44(48)54-42(40-53-55(49,50)52-38-37-45(3,4)5)39-51-43(47)35-31-28-25-22-19-17-16-18-21-24-27-30-34-41(46)33-9-7-2/h16-17,21-22,24-25,30,34,41-42,46H,6-15,18-20,23,26-29,31-33,35-40H2,1-5H3/b17-16-,24-21-,25-22-,34-30-/t41-,42+/m0/s1. The number of carbonyl (C=O) groups excluding carboxylic acids is 2. The van der Waals surface area contributed by atoms with E-state index >= 15 is 0 Å². The van der Waals surface area contributed by atoms with Crippen LogP contribution in [0.3, 0.4) is 0 Å². The largest absolute Gasteiger partial charge is 0.756 e. The molecule has 1 unspecified atom stereocenters. The first kappa shape index (κ1) is 52.9. The number of aliphatic hydroxyl groups is 1. The van der Waals surface area contributed by atoms with Crippen molar-refractivity contribution < 1.29 is 47.2 Å². The van der Waals surface area contributed by atoms with Gasteiger partial charge in [0, 0.05) is 12.8 Å². The molecule has 0 spiro atoms. The molecule has 0 bridgehead atoms. The zero-order valence-corrected chi connectivity index (χ0v) is 36.4. The Morgan fingerprint density at radius 2 is 1.16 bits per heavy atom. The Kier molecular flexibility index (Phi) is 34.9. The number of phosphoric acid groups is 1. The van der Waals surface area contributed by atoms with Gasteiger partial charge in [-0.2, -0.15) is 0 Å². The van der Waals surface area contributed by atoms with E-state index in [4.69, 9.17) is 18.5 Å². The molecule has 0 amide bonds. The number of esters is 2. The molecular formula is C44H80NO9P. The second kappa shape index (κ2) is 36.3. The number of allylic oxidation sites excluding steroid dienone is 7. The van der Waals surface area contributed by atoms with E-state index in [1.165, 1.54) is 57.8 Å². The van der Waals surface area contributed by atoms with Crippen molar-refractivity contribution >= 4 is 19.8 Å². The first-order valence-corrected chi connectivity index (χ1v) is 22.9. The van der Waals surface area contributed by atoms with E-state index in [-0.39, 0.29) is 32.2 Å². The van der Waals surface area contributed by atoms with Crippen LogP contribution >= 0.6 is 7.82 Å². The van der Waals surface area contributed by atoms with Gasteiger partial charge in [-0.25, -0.2) is 0 Å². The number of rotatable bonds is 38. The van der Waals surface area contributed by atoms with Crippen LogP contribution in [0.1, 0.15) is 162 Å². The molecule has 0 aliphatic rings. The van der Waals surface area contributed by atoms with Crippen molar-refractivity contribution in [1.29, 1.82) is 0 Å². The molecule has 11 heteroatoms. The van der Waals surface area contributed by atoms with Crippen LogP contribution < -0.4 is 4.89 Å². The van der Waals surface area contributed by atoms with E-state index in [2.05, 4.69) is 44.2 Å². The topological polar surface area (TPSA) is 131 Å². The summed E-state index contributed by atoms with van der Waals surface area (Å²) >= 11 is 0. The van der Waals surface area contributed by atoms with Gasteiger partial charge in [0.1, 0.15) is 19.8 Å². The van der Waals surface area contributed by atoms with E-state index < -0.39 is 32.5 Å². The van der Waals surface area contributed by atoms with Gasteiger partial charge in [0.25, 0.3) is 7.82 Å². The first-order valence-electron chi connectivity index (χ1n) is 21.4. The fourth-order valence-corrected chi connectivity index (χ4v) is 6.22. The number of likely N-dealkylation sites (N-methyl/N-ethyl adjacent to an activating group) is 1. The Morgan fingerprint density at radius 3 is 1.73 bits per heavy atom. The van der Waals surface area contributed by atoms with Crippen LogP contribution in [0.4, 0.5) is 0 Å². The van der Waals surface area contributed by atoms with Crippen molar-refractivity contribution in [2.75, 3.05) is 47.5 Å². The molecule has 0 aromatic rings. The third-order valence-electron chi connectivity index (χ3n) is 8.92. The van der Waals surface area contributed by atoms with Crippen molar-refractivity contribution in [3.63, 3.8) is 0 Å². The number of quaternary nitrogens is 1. The molecule has 10 nitrogen and oxygen atoms in total. The van der Waals surface area contributed by atoms with Gasteiger partial charge in [0.2, 0.25) is 0 Å². The van der Waals surface area contributed by atoms with Crippen molar-refractivity contribution in [3.8, 4) is 0 Å². The molecule has 0 rings (SSSR count). The molecule has 0 heterocycles. The highest BCUT2D eigenvalue weighted by Gasteiger charge is 2.21. The minimum Gasteiger partial charge on any atom is -0.756 e. The van der Waals surface area contributed by atoms with Crippen LogP contribution in [-0.2, 0) is 32.7 Å². The molecule has 0 radical (unpaired) electrons. The minimum absolute atomic E-state index is 0.0464. The number of ether oxygens (including phenoxy) is 2. The summed E-state index contributed by atoms with van der Waals surface area (Å²) in [6, 6.07) is 0. The minimum atomic E-state index is -4.64. The molecular weight excluding hydrogens is 717 g/mol. The molecule has 0 aliphatic heterocycles. The molecule has 3 atom stereocenters. The van der Waals surface area contributed by atoms with Crippen molar-refractivity contribution in [2.45, 2.75) is 174 Å². The monoisotopic (exact) mass is 798 g/mol. The normalized spacial score (nSPS) is 14.7. The van der Waals surface area contributed by atoms with E-state index in [0.29, 0.717) is 30.3 Å². The second-order valence-corrected chi connectivity index (χ2v) is 16.9. The lowest BCUT2D eigenvalue weighted by Crippen LogP contribution is -2.37. The molecule has 1 N–H and O–H groups in total. The molecule has 0 aliphatic carbocycles. The van der Waals surface area contributed by atoms with Gasteiger partial charge in [0.05, 0.1) is 33.9 Å². The maximum absolute atomic E-state index is 12.6. The highest BCUT2D eigenvalue weighted by atomic mass is 31.2. The average Bonchev–Trinajstić information content (AvgIpc) is 3.13. The molecule has 0 saturated carbocycles. The maximum Gasteiger partial charge on any atom is 0.306 e. The summed E-state index contributed by atoms with van der Waals surface area (Å²) < 4.78 is 33.8. The predicted octanol–water partition coefficient (Wildman–Crippen LogP) is 10.2. The summed E-state index contributed by atoms with van der Waals surface area (Å²) in [4.78, 5) is 37.4. The number of phosphoric ester groups is 1. The Morgan fingerprint density at radius 1 is 0.655 bits per heavy atom. The van der Waals surface area contributed by atoms with Crippen LogP contribution in [0.2, 0.25) is 0 Å². The average molecular weight is 798 g/mol. The quantitative estimate of drug-likeness (QED) is 0.0213. The molecule has 0 aromatic heterocycles. The van der Waals surface area contributed by atoms with Crippen molar-refractivity contribution in [2.24, 2.45) is 0 Å². The van der Waals surface area contributed by atoms with Crippen LogP contribution in [0.5, 0.6) is 0 Å². The number of carbonyl (C=O) groups is 2. The zero-order valence-electron chi connectivity index (χ0n) is 35.5. The summed E-state index contributed by atoms with van der Waals surface area (Å²) in [6.45, 7) is 3.98. The molecule has 320 valence electrons. The lowest BCUT2D eigenvalue weighted by molar-refractivity contribution is -0.870. The summed E-state index contributed by atoms with van der Waals surface area (Å²) in [7, 11) is 1.11. The fourth-order valence-electron chi connectivity index (χ4n) is 5.49. The van der Waals surface area contributed by atoms with Crippen LogP contribution in [0, 0.1) is 0 Å². The predicted molar refractivity (Wildman–Crippen MR) is 223 cm³/mol. The number of hydrogen-bond acceptors (Lipinski definition) is 9. The number of hydrogen-bond donors (Lipinski definition) is 1. The van der Waals surface area contributed by atoms with Gasteiger partial charge in [0.15, 0.2) is 6.10 Å². The lowest BCUT2D eigenvalue weighted by atomic mass is 10.0. The number of unbranched alkanes of at least 4 members (excludes halogenated alkanes) is 14. The van der Waals surface area contributed by atoms with E-state index in [9.17, 15) is 24.2 Å². The molecule has 55 heavy (non-hydrogen) atoms. The van der Waals surface area contributed by atoms with E-state index in [1.54, 1.807) is 0 Å². The van der Waals surface area contributed by atoms with Gasteiger partial charge in [-0.05, 0) is 44.9 Å². The van der Waals surface area contributed by atoms with E-state index in [0.717, 1.165) is 57.8 Å². The summed E-state index contributed by atoms with van der Waals surface area (Å²) in [5.41, 5.74) is 0. The van der Waals surface area contributed by atoms with Crippen molar-refractivity contribution in [3.05, 3.63) is 48.6 Å². The Balaban J connectivity index is 4.49. The van der Waals surface area contributed by atoms with Gasteiger partial charge < -0.3 is 33.0 Å². The second-order valence-electron chi connectivity index (χ2n) is 15.5. The number of aliphatic hydroxyl groups excluding tert-OH is 1. The summed E-state index contributed by atoms with van der Waals surface area (Å²) in [6.07, 6.45) is 37.6. The van der Waals surface area contributed by atoms with Crippen molar-refractivity contribution in [1.82, 2.24) is 0 Å². The third kappa shape index (κ3) is 39.9. The summed E-state index contributed by atoms with van der Waals surface area (Å²) in [5, 5.41) is 9.81. The van der Waals surface area contributed by atoms with Gasteiger partial charge in [-0.3, -0.25) is 14.2 Å². The van der Waals surface area contributed by atoms with Crippen LogP contribution in [0.25, 0.3) is 0 Å². The Bertz CT molecular complexity index is 1100. The zero-order chi connectivity index (χ0) is 40.9. The Hall–Kier alpha value is -2.07. The highest BCUT2D eigenvalue weighted by Crippen LogP contribution is 2.38. The Labute approximate surface area is 336 Å². The molecule has 0 aromatic carbocycles. The fraction of sp³-hybridized carbons (Fsp3) is 0.773. The van der Waals surface area contributed by atoms with Crippen LogP contribution in [-0.4, -0.2) is 81.2 Å². The lowest BCUT2D eigenvalue weighted by Gasteiger charge is -2.28. The van der Waals surface area contributed by atoms with Gasteiger partial charge >= 0.3 is 11.9 Å². The number of nitrogens with zero attached hydrogens (tertiary/aromatic N) is 1. The highest BCUT2D eigenvalue weighted by molar-refractivity contribution is 7.45. The van der Waals surface area contributed by atoms with Crippen LogP contribution in [0.15, 0.2) is 48.6 Å². The maximum atomic E-state index is 12.6. The summed E-state index contributed by atoms with van der Waals surface area (Å²) in [5.74, 6) is -0.923. The molecule has 0 fully saturated rings. The molecule has 0 saturated heterocycles.